The summed E-state index contributed by atoms with van der Waals surface area (Å²) in [5, 5.41) is 3.08. The van der Waals surface area contributed by atoms with Crippen molar-refractivity contribution in [2.75, 3.05) is 40.0 Å². The summed E-state index contributed by atoms with van der Waals surface area (Å²) in [6.07, 6.45) is 0.0132. The van der Waals surface area contributed by atoms with E-state index in [9.17, 15) is 13.6 Å². The van der Waals surface area contributed by atoms with Crippen LogP contribution in [-0.2, 0) is 4.74 Å². The third-order valence-electron chi connectivity index (χ3n) is 4.64. The Labute approximate surface area is 172 Å². The standard InChI is InChI=1S/C19H21ClF2N4O3/c1-28-15-4-2-3-13(16(15)20)19(27)25-11-14(26-5-7-29-8-6-26)12-9-23-18(17(21)22)24-10-12/h2-4,9-10,14,17H,5-8,11H2,1H3,(H,25,27). The average Bonchev–Trinajstić information content (AvgIpc) is 2.75. The predicted octanol–water partition coefficient (Wildman–Crippen LogP) is 2.88. The Bertz CT molecular complexity index is 833. The molecule has 2 heterocycles. The summed E-state index contributed by atoms with van der Waals surface area (Å²) in [4.78, 5) is 22.3. The molecule has 29 heavy (non-hydrogen) atoms. The Morgan fingerprint density at radius 2 is 2.00 bits per heavy atom. The molecule has 1 aliphatic heterocycles. The molecular weight excluding hydrogens is 406 g/mol. The number of alkyl halides is 2. The van der Waals surface area contributed by atoms with Crippen LogP contribution in [0.3, 0.4) is 0 Å². The molecule has 1 N–H and O–H groups in total. The Hall–Kier alpha value is -2.36. The van der Waals surface area contributed by atoms with Crippen molar-refractivity contribution < 1.29 is 23.0 Å². The second-order valence-electron chi connectivity index (χ2n) is 6.37. The van der Waals surface area contributed by atoms with Crippen molar-refractivity contribution in [2.24, 2.45) is 0 Å². The second-order valence-corrected chi connectivity index (χ2v) is 6.75. The summed E-state index contributed by atoms with van der Waals surface area (Å²) in [7, 11) is 1.47. The molecule has 7 nitrogen and oxygen atoms in total. The molecule has 1 aliphatic rings. The summed E-state index contributed by atoms with van der Waals surface area (Å²) < 4.78 is 36.1. The normalized spacial score (nSPS) is 15.9. The summed E-state index contributed by atoms with van der Waals surface area (Å²) in [5.74, 6) is -0.487. The summed E-state index contributed by atoms with van der Waals surface area (Å²) in [6, 6.07) is 4.65. The Morgan fingerprint density at radius 3 is 2.62 bits per heavy atom. The largest absolute Gasteiger partial charge is 0.495 e. The van der Waals surface area contributed by atoms with E-state index in [2.05, 4.69) is 20.2 Å². The Balaban J connectivity index is 1.77. The Kier molecular flexibility index (Phi) is 7.29. The van der Waals surface area contributed by atoms with Crippen molar-refractivity contribution in [1.29, 1.82) is 0 Å². The molecule has 3 rings (SSSR count). The van der Waals surface area contributed by atoms with Crippen molar-refractivity contribution in [3.8, 4) is 5.75 Å². The number of amides is 1. The highest BCUT2D eigenvalue weighted by molar-refractivity contribution is 6.35. The zero-order valence-corrected chi connectivity index (χ0v) is 16.5. The van der Waals surface area contributed by atoms with Gasteiger partial charge in [-0.05, 0) is 12.1 Å². The van der Waals surface area contributed by atoms with Gasteiger partial charge in [0.05, 0.1) is 37.0 Å². The first-order valence-corrected chi connectivity index (χ1v) is 9.41. The SMILES string of the molecule is COc1cccc(C(=O)NCC(c2cnc(C(F)F)nc2)N2CCOCC2)c1Cl. The highest BCUT2D eigenvalue weighted by atomic mass is 35.5. The van der Waals surface area contributed by atoms with Crippen molar-refractivity contribution in [1.82, 2.24) is 20.2 Å². The van der Waals surface area contributed by atoms with Gasteiger partial charge in [0.15, 0.2) is 5.82 Å². The number of carbonyl (C=O) groups is 1. The topological polar surface area (TPSA) is 76.6 Å². The van der Waals surface area contributed by atoms with E-state index in [0.29, 0.717) is 37.6 Å². The summed E-state index contributed by atoms with van der Waals surface area (Å²) in [5.41, 5.74) is 0.921. The number of carbonyl (C=O) groups excluding carboxylic acids is 1. The number of aromatic nitrogens is 2. The van der Waals surface area contributed by atoms with Crippen LogP contribution in [0.5, 0.6) is 5.75 Å². The van der Waals surface area contributed by atoms with E-state index in [1.807, 2.05) is 0 Å². The van der Waals surface area contributed by atoms with E-state index < -0.39 is 12.2 Å². The van der Waals surface area contributed by atoms with Crippen LogP contribution in [-0.4, -0.2) is 60.7 Å². The minimum Gasteiger partial charge on any atom is -0.495 e. The third kappa shape index (κ3) is 5.17. The monoisotopic (exact) mass is 426 g/mol. The Morgan fingerprint density at radius 1 is 1.31 bits per heavy atom. The maximum Gasteiger partial charge on any atom is 0.297 e. The van der Waals surface area contributed by atoms with Gasteiger partial charge in [0, 0.05) is 37.6 Å². The number of morpholine rings is 1. The minimum atomic E-state index is -2.74. The first kappa shape index (κ1) is 21.4. The zero-order valence-electron chi connectivity index (χ0n) is 15.8. The fourth-order valence-corrected chi connectivity index (χ4v) is 3.40. The molecule has 1 fully saturated rings. The fourth-order valence-electron chi connectivity index (χ4n) is 3.11. The molecule has 1 amide bonds. The smallest absolute Gasteiger partial charge is 0.297 e. The lowest BCUT2D eigenvalue weighted by atomic mass is 10.1. The van der Waals surface area contributed by atoms with Crippen LogP contribution in [0.4, 0.5) is 8.78 Å². The van der Waals surface area contributed by atoms with Gasteiger partial charge in [0.1, 0.15) is 5.75 Å². The first-order valence-electron chi connectivity index (χ1n) is 9.03. The van der Waals surface area contributed by atoms with Gasteiger partial charge in [-0.3, -0.25) is 9.69 Å². The van der Waals surface area contributed by atoms with Gasteiger partial charge >= 0.3 is 0 Å². The van der Waals surface area contributed by atoms with Gasteiger partial charge in [0.25, 0.3) is 12.3 Å². The van der Waals surface area contributed by atoms with Crippen LogP contribution in [0.25, 0.3) is 0 Å². The molecule has 1 unspecified atom stereocenters. The molecule has 1 aromatic carbocycles. The van der Waals surface area contributed by atoms with Crippen LogP contribution >= 0.6 is 11.6 Å². The molecular formula is C19H21ClF2N4O3. The number of ether oxygens (including phenoxy) is 2. The van der Waals surface area contributed by atoms with Gasteiger partial charge in [-0.1, -0.05) is 17.7 Å². The lowest BCUT2D eigenvalue weighted by molar-refractivity contribution is 0.0160. The van der Waals surface area contributed by atoms with Crippen molar-refractivity contribution in [3.63, 3.8) is 0 Å². The van der Waals surface area contributed by atoms with Crippen LogP contribution in [0.2, 0.25) is 5.02 Å². The molecule has 0 radical (unpaired) electrons. The van der Waals surface area contributed by atoms with Crippen LogP contribution in [0.15, 0.2) is 30.6 Å². The number of hydrogen-bond donors (Lipinski definition) is 1. The molecule has 10 heteroatoms. The van der Waals surface area contributed by atoms with E-state index in [1.54, 1.807) is 18.2 Å². The molecule has 1 atom stereocenters. The van der Waals surface area contributed by atoms with Gasteiger partial charge in [-0.15, -0.1) is 0 Å². The van der Waals surface area contributed by atoms with Gasteiger partial charge in [-0.2, -0.15) is 0 Å². The number of benzene rings is 1. The molecule has 1 saturated heterocycles. The van der Waals surface area contributed by atoms with Gasteiger partial charge < -0.3 is 14.8 Å². The minimum absolute atomic E-state index is 0.222. The molecule has 2 aromatic rings. The summed E-state index contributed by atoms with van der Waals surface area (Å²) >= 11 is 6.23. The van der Waals surface area contributed by atoms with Gasteiger partial charge in [0.2, 0.25) is 0 Å². The van der Waals surface area contributed by atoms with E-state index in [1.165, 1.54) is 19.5 Å². The lowest BCUT2D eigenvalue weighted by Crippen LogP contribution is -2.44. The number of rotatable bonds is 7. The number of methoxy groups -OCH3 is 1. The highest BCUT2D eigenvalue weighted by Gasteiger charge is 2.25. The maximum atomic E-state index is 12.8. The number of nitrogens with one attached hydrogen (secondary N) is 1. The number of nitrogens with zero attached hydrogens (tertiary/aromatic N) is 3. The van der Waals surface area contributed by atoms with Crippen molar-refractivity contribution in [2.45, 2.75) is 12.5 Å². The third-order valence-corrected chi connectivity index (χ3v) is 5.03. The lowest BCUT2D eigenvalue weighted by Gasteiger charge is -2.34. The van der Waals surface area contributed by atoms with E-state index in [-0.39, 0.29) is 29.1 Å². The van der Waals surface area contributed by atoms with E-state index >= 15 is 0 Å². The van der Waals surface area contributed by atoms with E-state index in [0.717, 1.165) is 0 Å². The molecule has 0 aliphatic carbocycles. The molecule has 0 spiro atoms. The molecule has 1 aromatic heterocycles. The van der Waals surface area contributed by atoms with Crippen molar-refractivity contribution >= 4 is 17.5 Å². The van der Waals surface area contributed by atoms with Crippen molar-refractivity contribution in [3.05, 3.63) is 52.6 Å². The zero-order chi connectivity index (χ0) is 20.8. The quantitative estimate of drug-likeness (QED) is 0.733. The summed E-state index contributed by atoms with van der Waals surface area (Å²) in [6.45, 7) is 2.59. The number of hydrogen-bond acceptors (Lipinski definition) is 6. The van der Waals surface area contributed by atoms with Crippen LogP contribution < -0.4 is 10.1 Å². The van der Waals surface area contributed by atoms with Gasteiger partial charge in [-0.25, -0.2) is 18.7 Å². The second kappa shape index (κ2) is 9.91. The average molecular weight is 427 g/mol. The fraction of sp³-hybridized carbons (Fsp3) is 0.421. The number of halogens is 3. The molecule has 0 bridgehead atoms. The first-order chi connectivity index (χ1) is 14.0. The van der Waals surface area contributed by atoms with E-state index in [4.69, 9.17) is 21.1 Å². The predicted molar refractivity (Wildman–Crippen MR) is 102 cm³/mol. The highest BCUT2D eigenvalue weighted by Crippen LogP contribution is 2.28. The molecule has 0 saturated carbocycles. The van der Waals surface area contributed by atoms with Crippen LogP contribution in [0, 0.1) is 0 Å². The maximum absolute atomic E-state index is 12.8. The van der Waals surface area contributed by atoms with Crippen LogP contribution in [0.1, 0.15) is 34.2 Å². The molecule has 156 valence electrons.